The summed E-state index contributed by atoms with van der Waals surface area (Å²) in [5.74, 6) is -0.235. The molecule has 0 aliphatic carbocycles. The van der Waals surface area contributed by atoms with E-state index in [2.05, 4.69) is 0 Å². The summed E-state index contributed by atoms with van der Waals surface area (Å²) in [4.78, 5) is 11.9. The zero-order valence-corrected chi connectivity index (χ0v) is 11.4. The highest BCUT2D eigenvalue weighted by molar-refractivity contribution is 5.92. The average Bonchev–Trinajstić information content (AvgIpc) is 2.46. The molecule has 2 aromatic rings. The normalized spacial score (nSPS) is 10.1. The molecular weight excluding hydrogens is 256 g/mol. The van der Waals surface area contributed by atoms with Gasteiger partial charge >= 0.3 is 5.97 Å². The van der Waals surface area contributed by atoms with Gasteiger partial charge in [0.25, 0.3) is 0 Å². The number of ether oxygens (including phenoxy) is 2. The molecule has 0 saturated carbocycles. The van der Waals surface area contributed by atoms with Crippen LogP contribution in [0.2, 0.25) is 0 Å². The van der Waals surface area contributed by atoms with Crippen LogP contribution in [0.1, 0.15) is 21.5 Å². The second-order valence-corrected chi connectivity index (χ2v) is 4.44. The maximum atomic E-state index is 11.9. The van der Waals surface area contributed by atoms with E-state index < -0.39 is 5.97 Å². The number of phenolic OH excluding ortho intramolecular Hbond substituents is 1. The second kappa shape index (κ2) is 6.10. The van der Waals surface area contributed by atoms with Gasteiger partial charge in [-0.05, 0) is 24.6 Å². The van der Waals surface area contributed by atoms with Crippen LogP contribution in [-0.4, -0.2) is 18.2 Å². The molecule has 0 spiro atoms. The summed E-state index contributed by atoms with van der Waals surface area (Å²) in [6.45, 7) is 2.16. The molecule has 1 N–H and O–H groups in total. The minimum Gasteiger partial charge on any atom is -0.507 e. The molecule has 0 aliphatic rings. The van der Waals surface area contributed by atoms with E-state index in [-0.39, 0.29) is 17.9 Å². The highest BCUT2D eigenvalue weighted by atomic mass is 16.5. The third kappa shape index (κ3) is 3.29. The van der Waals surface area contributed by atoms with Gasteiger partial charge in [0.1, 0.15) is 23.7 Å². The van der Waals surface area contributed by atoms with E-state index in [1.54, 1.807) is 6.07 Å². The molecule has 0 amide bonds. The minimum absolute atomic E-state index is 0.123. The quantitative estimate of drug-likeness (QED) is 0.869. The molecule has 0 bridgehead atoms. The average molecular weight is 272 g/mol. The van der Waals surface area contributed by atoms with Gasteiger partial charge in [0, 0.05) is 6.07 Å². The number of esters is 1. The number of methoxy groups -OCH3 is 1. The lowest BCUT2D eigenvalue weighted by molar-refractivity contribution is 0.0469. The van der Waals surface area contributed by atoms with E-state index in [0.29, 0.717) is 5.75 Å². The third-order valence-corrected chi connectivity index (χ3v) is 2.92. The van der Waals surface area contributed by atoms with Crippen LogP contribution in [0, 0.1) is 6.92 Å². The van der Waals surface area contributed by atoms with Crippen LogP contribution in [0.4, 0.5) is 0 Å². The topological polar surface area (TPSA) is 55.8 Å². The summed E-state index contributed by atoms with van der Waals surface area (Å²) in [6.07, 6.45) is 0. The van der Waals surface area contributed by atoms with Crippen molar-refractivity contribution in [1.29, 1.82) is 0 Å². The molecular formula is C16H16O4. The molecule has 4 heteroatoms. The highest BCUT2D eigenvalue weighted by Crippen LogP contribution is 2.24. The van der Waals surface area contributed by atoms with Crippen LogP contribution in [-0.2, 0) is 11.3 Å². The SMILES string of the molecule is COc1ccc(C(=O)OCc2ccc(C)cc2)c(O)c1. The number of aromatic hydroxyl groups is 1. The van der Waals surface area contributed by atoms with Crippen LogP contribution < -0.4 is 4.74 Å². The molecule has 4 nitrogen and oxygen atoms in total. The first-order valence-corrected chi connectivity index (χ1v) is 6.20. The van der Waals surface area contributed by atoms with Crippen molar-refractivity contribution >= 4 is 5.97 Å². The van der Waals surface area contributed by atoms with Crippen molar-refractivity contribution in [1.82, 2.24) is 0 Å². The highest BCUT2D eigenvalue weighted by Gasteiger charge is 2.13. The van der Waals surface area contributed by atoms with Gasteiger partial charge in [-0.1, -0.05) is 29.8 Å². The Morgan fingerprint density at radius 3 is 2.45 bits per heavy atom. The molecule has 20 heavy (non-hydrogen) atoms. The fourth-order valence-electron chi connectivity index (χ4n) is 1.72. The van der Waals surface area contributed by atoms with Crippen molar-refractivity contribution in [2.24, 2.45) is 0 Å². The zero-order chi connectivity index (χ0) is 14.5. The number of carbonyl (C=O) groups is 1. The van der Waals surface area contributed by atoms with E-state index in [9.17, 15) is 9.90 Å². The predicted octanol–water partition coefficient (Wildman–Crippen LogP) is 3.07. The summed E-state index contributed by atoms with van der Waals surface area (Å²) in [7, 11) is 1.49. The number of carbonyl (C=O) groups excluding carboxylic acids is 1. The minimum atomic E-state index is -0.564. The Bertz CT molecular complexity index is 602. The van der Waals surface area contributed by atoms with Gasteiger partial charge in [-0.2, -0.15) is 0 Å². The van der Waals surface area contributed by atoms with Gasteiger partial charge in [-0.15, -0.1) is 0 Å². The Morgan fingerprint density at radius 2 is 1.85 bits per heavy atom. The summed E-state index contributed by atoms with van der Waals surface area (Å²) < 4.78 is 10.1. The van der Waals surface area contributed by atoms with E-state index in [0.717, 1.165) is 11.1 Å². The third-order valence-electron chi connectivity index (χ3n) is 2.92. The zero-order valence-electron chi connectivity index (χ0n) is 11.4. The molecule has 0 unspecified atom stereocenters. The summed E-state index contributed by atoms with van der Waals surface area (Å²) in [6, 6.07) is 12.2. The second-order valence-electron chi connectivity index (χ2n) is 4.44. The monoisotopic (exact) mass is 272 g/mol. The van der Waals surface area contributed by atoms with Gasteiger partial charge in [0.05, 0.1) is 7.11 Å². The number of aryl methyl sites for hydroxylation is 1. The van der Waals surface area contributed by atoms with Gasteiger partial charge in [0.2, 0.25) is 0 Å². The Balaban J connectivity index is 2.03. The van der Waals surface area contributed by atoms with Gasteiger partial charge in [-0.3, -0.25) is 0 Å². The van der Waals surface area contributed by atoms with Gasteiger partial charge in [-0.25, -0.2) is 4.79 Å². The molecule has 0 aromatic heterocycles. The Labute approximate surface area is 117 Å². The maximum absolute atomic E-state index is 11.9. The molecule has 0 saturated heterocycles. The first kappa shape index (κ1) is 13.9. The van der Waals surface area contributed by atoms with Crippen molar-refractivity contribution in [2.75, 3.05) is 7.11 Å². The maximum Gasteiger partial charge on any atom is 0.342 e. The molecule has 2 rings (SSSR count). The standard InChI is InChI=1S/C16H16O4/c1-11-3-5-12(6-4-11)10-20-16(18)14-8-7-13(19-2)9-15(14)17/h3-9,17H,10H2,1-2H3. The number of benzene rings is 2. The molecule has 104 valence electrons. The molecule has 0 fully saturated rings. The Morgan fingerprint density at radius 1 is 1.15 bits per heavy atom. The fourth-order valence-corrected chi connectivity index (χ4v) is 1.72. The molecule has 0 heterocycles. The van der Waals surface area contributed by atoms with Crippen molar-refractivity contribution in [3.05, 3.63) is 59.2 Å². The Kier molecular flexibility index (Phi) is 4.25. The number of phenols is 1. The fraction of sp³-hybridized carbons (Fsp3) is 0.188. The smallest absolute Gasteiger partial charge is 0.342 e. The van der Waals surface area contributed by atoms with E-state index in [4.69, 9.17) is 9.47 Å². The molecule has 0 radical (unpaired) electrons. The first-order chi connectivity index (χ1) is 9.60. The first-order valence-electron chi connectivity index (χ1n) is 6.20. The van der Waals surface area contributed by atoms with Gasteiger partial charge in [0.15, 0.2) is 0 Å². The predicted molar refractivity (Wildman–Crippen MR) is 75.0 cm³/mol. The van der Waals surface area contributed by atoms with Crippen molar-refractivity contribution in [2.45, 2.75) is 13.5 Å². The number of hydrogen-bond acceptors (Lipinski definition) is 4. The van der Waals surface area contributed by atoms with E-state index >= 15 is 0 Å². The van der Waals surface area contributed by atoms with Crippen molar-refractivity contribution < 1.29 is 19.4 Å². The number of hydrogen-bond donors (Lipinski definition) is 1. The van der Waals surface area contributed by atoms with Gasteiger partial charge < -0.3 is 14.6 Å². The molecule has 2 aromatic carbocycles. The van der Waals surface area contributed by atoms with E-state index in [1.807, 2.05) is 31.2 Å². The van der Waals surface area contributed by atoms with Crippen LogP contribution in [0.3, 0.4) is 0 Å². The summed E-state index contributed by atoms with van der Waals surface area (Å²) in [5, 5.41) is 9.75. The van der Waals surface area contributed by atoms with Crippen LogP contribution in [0.5, 0.6) is 11.5 Å². The van der Waals surface area contributed by atoms with Crippen LogP contribution in [0.25, 0.3) is 0 Å². The molecule has 0 aliphatic heterocycles. The van der Waals surface area contributed by atoms with Crippen molar-refractivity contribution in [3.63, 3.8) is 0 Å². The lowest BCUT2D eigenvalue weighted by Crippen LogP contribution is -2.05. The van der Waals surface area contributed by atoms with E-state index in [1.165, 1.54) is 19.2 Å². The number of rotatable bonds is 4. The summed E-state index contributed by atoms with van der Waals surface area (Å²) >= 11 is 0. The van der Waals surface area contributed by atoms with Crippen molar-refractivity contribution in [3.8, 4) is 11.5 Å². The molecule has 0 atom stereocenters. The lowest BCUT2D eigenvalue weighted by Gasteiger charge is -2.08. The lowest BCUT2D eigenvalue weighted by atomic mass is 10.1. The van der Waals surface area contributed by atoms with Crippen LogP contribution >= 0.6 is 0 Å². The Hall–Kier alpha value is -2.49. The summed E-state index contributed by atoms with van der Waals surface area (Å²) in [5.41, 5.74) is 2.17. The van der Waals surface area contributed by atoms with Crippen LogP contribution in [0.15, 0.2) is 42.5 Å². The largest absolute Gasteiger partial charge is 0.507 e.